The summed E-state index contributed by atoms with van der Waals surface area (Å²) in [5, 5.41) is 2.59. The number of Topliss-reactive ketones (excluding diaryl/α,β-unsaturated/α-hetero) is 1. The maximum absolute atomic E-state index is 10.7. The number of nitrogens with one attached hydrogen (secondary N) is 1. The highest BCUT2D eigenvalue weighted by molar-refractivity contribution is 6.36. The highest BCUT2D eigenvalue weighted by atomic mass is 16.2. The van der Waals surface area contributed by atoms with Gasteiger partial charge >= 0.3 is 0 Å². The van der Waals surface area contributed by atoms with Crippen LogP contribution in [0.1, 0.15) is 20.3 Å². The smallest absolute Gasteiger partial charge is 0.287 e. The van der Waals surface area contributed by atoms with Crippen molar-refractivity contribution in [2.75, 3.05) is 0 Å². The molecule has 2 atom stereocenters. The first-order valence-electron chi connectivity index (χ1n) is 3.45. The Balaban J connectivity index is 2.63. The van der Waals surface area contributed by atoms with Crippen LogP contribution in [0, 0.1) is 5.92 Å². The molecule has 3 nitrogen and oxygen atoms in total. The van der Waals surface area contributed by atoms with Crippen molar-refractivity contribution in [1.82, 2.24) is 5.32 Å². The minimum absolute atomic E-state index is 0.144. The topological polar surface area (TPSA) is 46.2 Å². The Morgan fingerprint density at radius 3 is 2.50 bits per heavy atom. The van der Waals surface area contributed by atoms with E-state index in [-0.39, 0.29) is 17.7 Å². The molecule has 1 saturated heterocycles. The summed E-state index contributed by atoms with van der Waals surface area (Å²) < 4.78 is 0. The molecule has 0 aliphatic carbocycles. The van der Waals surface area contributed by atoms with Crippen LogP contribution in [-0.4, -0.2) is 17.7 Å². The van der Waals surface area contributed by atoms with Crippen LogP contribution in [0.5, 0.6) is 0 Å². The molecular weight excluding hydrogens is 130 g/mol. The van der Waals surface area contributed by atoms with E-state index in [4.69, 9.17) is 0 Å². The average Bonchev–Trinajstić information content (AvgIpc) is 1.84. The van der Waals surface area contributed by atoms with Crippen molar-refractivity contribution in [2.24, 2.45) is 5.92 Å². The zero-order chi connectivity index (χ0) is 7.72. The van der Waals surface area contributed by atoms with Crippen LogP contribution in [0.4, 0.5) is 0 Å². The highest BCUT2D eigenvalue weighted by Gasteiger charge is 2.28. The Labute approximate surface area is 59.8 Å². The van der Waals surface area contributed by atoms with Gasteiger partial charge in [-0.15, -0.1) is 0 Å². The Morgan fingerprint density at radius 2 is 2.00 bits per heavy atom. The molecule has 10 heavy (non-hydrogen) atoms. The summed E-state index contributed by atoms with van der Waals surface area (Å²) in [4.78, 5) is 21.4. The first kappa shape index (κ1) is 7.25. The van der Waals surface area contributed by atoms with Gasteiger partial charge in [-0.05, 0) is 12.8 Å². The Bertz CT molecular complexity index is 156. The van der Waals surface area contributed by atoms with Crippen LogP contribution >= 0.6 is 0 Å². The lowest BCUT2D eigenvalue weighted by molar-refractivity contribution is -0.141. The maximum atomic E-state index is 10.7. The molecule has 0 aromatic carbocycles. The molecule has 0 unspecified atom stereocenters. The second kappa shape index (κ2) is 2.40. The summed E-state index contributed by atoms with van der Waals surface area (Å²) in [6.45, 7) is 3.87. The fraction of sp³-hybridized carbons (Fsp3) is 0.714. The van der Waals surface area contributed by atoms with Gasteiger partial charge < -0.3 is 5.32 Å². The first-order valence-corrected chi connectivity index (χ1v) is 3.45. The fourth-order valence-corrected chi connectivity index (χ4v) is 0.991. The van der Waals surface area contributed by atoms with E-state index in [9.17, 15) is 9.59 Å². The number of rotatable bonds is 0. The molecule has 0 saturated carbocycles. The summed E-state index contributed by atoms with van der Waals surface area (Å²) in [5.41, 5.74) is 0. The van der Waals surface area contributed by atoms with Crippen molar-refractivity contribution in [3.05, 3.63) is 0 Å². The summed E-state index contributed by atoms with van der Waals surface area (Å²) in [6.07, 6.45) is 0.396. The zero-order valence-corrected chi connectivity index (χ0v) is 6.18. The molecule has 56 valence electrons. The molecule has 1 aliphatic heterocycles. The van der Waals surface area contributed by atoms with Crippen LogP contribution in [0.15, 0.2) is 0 Å². The van der Waals surface area contributed by atoms with E-state index in [1.54, 1.807) is 0 Å². The van der Waals surface area contributed by atoms with Crippen LogP contribution < -0.4 is 5.32 Å². The van der Waals surface area contributed by atoms with Crippen molar-refractivity contribution >= 4 is 11.7 Å². The van der Waals surface area contributed by atoms with Gasteiger partial charge in [0.25, 0.3) is 5.91 Å². The first-order chi connectivity index (χ1) is 4.61. The molecule has 1 fully saturated rings. The van der Waals surface area contributed by atoms with Gasteiger partial charge in [0.15, 0.2) is 0 Å². The number of carbonyl (C=O) groups is 2. The third kappa shape index (κ3) is 1.17. The van der Waals surface area contributed by atoms with Crippen LogP contribution in [0.2, 0.25) is 0 Å². The van der Waals surface area contributed by atoms with Gasteiger partial charge in [0.1, 0.15) is 0 Å². The van der Waals surface area contributed by atoms with E-state index < -0.39 is 5.91 Å². The van der Waals surface area contributed by atoms with Crippen molar-refractivity contribution in [2.45, 2.75) is 26.3 Å². The van der Waals surface area contributed by atoms with E-state index in [1.165, 1.54) is 0 Å². The molecule has 1 rings (SSSR count). The summed E-state index contributed by atoms with van der Waals surface area (Å²) >= 11 is 0. The van der Waals surface area contributed by atoms with Crippen molar-refractivity contribution < 1.29 is 9.59 Å². The molecule has 0 aromatic heterocycles. The predicted octanol–water partition coefficient (Wildman–Crippen LogP) is 0.100. The van der Waals surface area contributed by atoms with E-state index in [0.717, 1.165) is 0 Å². The van der Waals surface area contributed by atoms with Crippen LogP contribution in [0.25, 0.3) is 0 Å². The second-order valence-electron chi connectivity index (χ2n) is 2.87. The van der Waals surface area contributed by atoms with Crippen LogP contribution in [0.3, 0.4) is 0 Å². The van der Waals surface area contributed by atoms with Gasteiger partial charge in [0.05, 0.1) is 0 Å². The number of hydrogen-bond acceptors (Lipinski definition) is 2. The molecule has 0 radical (unpaired) electrons. The monoisotopic (exact) mass is 141 g/mol. The number of amides is 1. The van der Waals surface area contributed by atoms with E-state index >= 15 is 0 Å². The van der Waals surface area contributed by atoms with Crippen molar-refractivity contribution in [3.63, 3.8) is 0 Å². The molecule has 3 heteroatoms. The maximum Gasteiger partial charge on any atom is 0.287 e. The molecule has 1 amide bonds. The number of carbonyl (C=O) groups excluding carboxylic acids is 2. The third-order valence-corrected chi connectivity index (χ3v) is 1.97. The Hall–Kier alpha value is -0.860. The van der Waals surface area contributed by atoms with Gasteiger partial charge in [-0.1, -0.05) is 6.92 Å². The highest BCUT2D eigenvalue weighted by Crippen LogP contribution is 2.12. The predicted molar refractivity (Wildman–Crippen MR) is 36.4 cm³/mol. The molecule has 0 aromatic rings. The fourth-order valence-electron chi connectivity index (χ4n) is 0.991. The van der Waals surface area contributed by atoms with Crippen LogP contribution in [-0.2, 0) is 9.59 Å². The summed E-state index contributed by atoms with van der Waals surface area (Å²) in [7, 11) is 0. The summed E-state index contributed by atoms with van der Waals surface area (Å²) in [6, 6.07) is 0.144. The lowest BCUT2D eigenvalue weighted by atomic mass is 9.93. The zero-order valence-electron chi connectivity index (χ0n) is 6.18. The molecule has 0 bridgehead atoms. The van der Waals surface area contributed by atoms with E-state index in [0.29, 0.717) is 6.42 Å². The standard InChI is InChI=1S/C7H11NO2/c1-4-3-6(9)7(10)8-5(4)2/h4-5H,3H2,1-2H3,(H,8,10)/t4-,5+/m0/s1. The lowest BCUT2D eigenvalue weighted by Gasteiger charge is -2.24. The van der Waals surface area contributed by atoms with Crippen molar-refractivity contribution in [1.29, 1.82) is 0 Å². The normalized spacial score (nSPS) is 33.8. The van der Waals surface area contributed by atoms with Gasteiger partial charge in [-0.25, -0.2) is 0 Å². The van der Waals surface area contributed by atoms with E-state index in [1.807, 2.05) is 13.8 Å². The average molecular weight is 141 g/mol. The molecular formula is C7H11NO2. The SMILES string of the molecule is C[C@H]1CC(=O)C(=O)N[C@@H]1C. The molecule has 1 heterocycles. The van der Waals surface area contributed by atoms with Gasteiger partial charge in [-0.3, -0.25) is 9.59 Å². The second-order valence-corrected chi connectivity index (χ2v) is 2.87. The van der Waals surface area contributed by atoms with Gasteiger partial charge in [0, 0.05) is 12.5 Å². The minimum atomic E-state index is -0.425. The minimum Gasteiger partial charge on any atom is -0.347 e. The quantitative estimate of drug-likeness (QED) is 0.486. The molecule has 1 N–H and O–H groups in total. The largest absolute Gasteiger partial charge is 0.347 e. The van der Waals surface area contributed by atoms with E-state index in [2.05, 4.69) is 5.32 Å². The molecule has 1 aliphatic rings. The number of piperidine rings is 1. The van der Waals surface area contributed by atoms with Crippen molar-refractivity contribution in [3.8, 4) is 0 Å². The Kier molecular flexibility index (Phi) is 1.74. The summed E-state index contributed by atoms with van der Waals surface area (Å²) in [5.74, 6) is -0.429. The van der Waals surface area contributed by atoms with Gasteiger partial charge in [0.2, 0.25) is 5.78 Å². The number of ketones is 1. The molecule has 0 spiro atoms. The number of hydrogen-bond donors (Lipinski definition) is 1. The lowest BCUT2D eigenvalue weighted by Crippen LogP contribution is -2.47. The third-order valence-electron chi connectivity index (χ3n) is 1.97. The van der Waals surface area contributed by atoms with Gasteiger partial charge in [-0.2, -0.15) is 0 Å². The Morgan fingerprint density at radius 1 is 1.40 bits per heavy atom.